The van der Waals surface area contributed by atoms with E-state index in [1.54, 1.807) is 30.3 Å². The van der Waals surface area contributed by atoms with Crippen molar-refractivity contribution in [3.63, 3.8) is 0 Å². The molecule has 0 saturated heterocycles. The van der Waals surface area contributed by atoms with Crippen molar-refractivity contribution in [3.05, 3.63) is 70.2 Å². The van der Waals surface area contributed by atoms with E-state index in [-0.39, 0.29) is 10.6 Å². The number of carbonyl (C=O) groups excluding carboxylic acids is 2. The number of halogens is 3. The molecule has 0 radical (unpaired) electrons. The van der Waals surface area contributed by atoms with Crippen LogP contribution in [0.4, 0.5) is 8.78 Å². The maximum absolute atomic E-state index is 13.4. The molecule has 2 aromatic carbocycles. The minimum absolute atomic E-state index is 0.303. The van der Waals surface area contributed by atoms with Gasteiger partial charge in [0.25, 0.3) is 5.91 Å². The first kappa shape index (κ1) is 17.9. The van der Waals surface area contributed by atoms with E-state index in [0.29, 0.717) is 17.7 Å². The molecule has 0 heterocycles. The maximum atomic E-state index is 13.4. The number of rotatable bonds is 4. The second-order valence-electron chi connectivity index (χ2n) is 5.17. The fraction of sp³-hybridized carbons (Fsp3) is 0.176. The summed E-state index contributed by atoms with van der Waals surface area (Å²) in [4.78, 5) is 25.8. The molecule has 0 aliphatic rings. The van der Waals surface area contributed by atoms with Gasteiger partial charge in [-0.1, -0.05) is 41.9 Å². The summed E-state index contributed by atoms with van der Waals surface area (Å²) in [5, 5.41) is -0.303. The van der Waals surface area contributed by atoms with Crippen LogP contribution in [0.25, 0.3) is 0 Å². The fourth-order valence-corrected chi connectivity index (χ4v) is 2.20. The highest BCUT2D eigenvalue weighted by molar-refractivity contribution is 6.33. The zero-order valence-corrected chi connectivity index (χ0v) is 13.7. The molecule has 0 aromatic heterocycles. The van der Waals surface area contributed by atoms with Gasteiger partial charge in [0.2, 0.25) is 6.10 Å². The van der Waals surface area contributed by atoms with Crippen LogP contribution in [0.2, 0.25) is 5.02 Å². The van der Waals surface area contributed by atoms with E-state index < -0.39 is 29.6 Å². The molecule has 1 unspecified atom stereocenters. The molecule has 0 spiro atoms. The van der Waals surface area contributed by atoms with Crippen molar-refractivity contribution in [2.24, 2.45) is 0 Å². The number of likely N-dealkylation sites (N-methyl/N-ethyl adjacent to an activating group) is 1. The molecule has 0 bridgehead atoms. The monoisotopic (exact) mass is 353 g/mol. The Balaban J connectivity index is 2.35. The molecule has 0 saturated carbocycles. The van der Waals surface area contributed by atoms with E-state index in [2.05, 4.69) is 0 Å². The van der Waals surface area contributed by atoms with Crippen LogP contribution in [0, 0.1) is 11.6 Å². The third-order valence-electron chi connectivity index (χ3n) is 3.22. The van der Waals surface area contributed by atoms with Gasteiger partial charge < -0.3 is 9.64 Å². The predicted molar refractivity (Wildman–Crippen MR) is 84.7 cm³/mol. The molecule has 0 aliphatic carbocycles. The first-order valence-corrected chi connectivity index (χ1v) is 7.30. The van der Waals surface area contributed by atoms with E-state index in [0.717, 1.165) is 0 Å². The van der Waals surface area contributed by atoms with Gasteiger partial charge in [-0.3, -0.25) is 4.79 Å². The van der Waals surface area contributed by atoms with E-state index in [9.17, 15) is 18.4 Å². The largest absolute Gasteiger partial charge is 0.444 e. The lowest BCUT2D eigenvalue weighted by molar-refractivity contribution is -0.138. The average Bonchev–Trinajstić information content (AvgIpc) is 2.55. The van der Waals surface area contributed by atoms with Crippen molar-refractivity contribution in [1.29, 1.82) is 0 Å². The Morgan fingerprint density at radius 2 is 1.67 bits per heavy atom. The lowest BCUT2D eigenvalue weighted by atomic mass is 10.1. The molecule has 4 nitrogen and oxygen atoms in total. The maximum Gasteiger partial charge on any atom is 0.340 e. The summed E-state index contributed by atoms with van der Waals surface area (Å²) in [7, 11) is 3.02. The number of nitrogens with zero attached hydrogens (tertiary/aromatic N) is 1. The summed E-state index contributed by atoms with van der Waals surface area (Å²) in [6.45, 7) is 0. The molecule has 2 aromatic rings. The smallest absolute Gasteiger partial charge is 0.340 e. The van der Waals surface area contributed by atoms with Gasteiger partial charge in [-0.15, -0.1) is 0 Å². The molecule has 24 heavy (non-hydrogen) atoms. The third kappa shape index (κ3) is 3.89. The summed E-state index contributed by atoms with van der Waals surface area (Å²) in [6.07, 6.45) is -1.22. The van der Waals surface area contributed by atoms with Crippen LogP contribution in [-0.4, -0.2) is 30.9 Å². The summed E-state index contributed by atoms with van der Waals surface area (Å²) >= 11 is 5.77. The standard InChI is InChI=1S/C17H14ClF2NO3/c1-21(2)16(22)15(10-6-4-3-5-7-10)24-17(23)11-8-13(19)14(20)9-12(11)18/h3-9,15H,1-2H3. The number of esters is 1. The number of hydrogen-bond acceptors (Lipinski definition) is 3. The Morgan fingerprint density at radius 3 is 2.25 bits per heavy atom. The van der Waals surface area contributed by atoms with Crippen LogP contribution < -0.4 is 0 Å². The first-order chi connectivity index (χ1) is 11.3. The van der Waals surface area contributed by atoms with Crippen molar-refractivity contribution in [3.8, 4) is 0 Å². The Labute approximate surface area is 142 Å². The van der Waals surface area contributed by atoms with Gasteiger partial charge in [-0.05, 0) is 12.1 Å². The van der Waals surface area contributed by atoms with Crippen molar-refractivity contribution in [1.82, 2.24) is 4.90 Å². The molecule has 0 N–H and O–H groups in total. The lowest BCUT2D eigenvalue weighted by Gasteiger charge is -2.21. The SMILES string of the molecule is CN(C)C(=O)C(OC(=O)c1cc(F)c(F)cc1Cl)c1ccccc1. The zero-order chi connectivity index (χ0) is 17.9. The summed E-state index contributed by atoms with van der Waals surface area (Å²) in [5.41, 5.74) is 0.0892. The number of hydrogen-bond donors (Lipinski definition) is 0. The van der Waals surface area contributed by atoms with Gasteiger partial charge in [0.05, 0.1) is 10.6 Å². The molecule has 126 valence electrons. The van der Waals surface area contributed by atoms with Gasteiger partial charge in [-0.2, -0.15) is 0 Å². The van der Waals surface area contributed by atoms with Crippen molar-refractivity contribution < 1.29 is 23.1 Å². The topological polar surface area (TPSA) is 46.6 Å². The minimum atomic E-state index is -1.23. The Morgan fingerprint density at radius 1 is 1.08 bits per heavy atom. The van der Waals surface area contributed by atoms with Gasteiger partial charge in [0.15, 0.2) is 11.6 Å². The molecule has 0 fully saturated rings. The molecular weight excluding hydrogens is 340 g/mol. The van der Waals surface area contributed by atoms with Crippen LogP contribution in [-0.2, 0) is 9.53 Å². The number of carbonyl (C=O) groups is 2. The summed E-state index contributed by atoms with van der Waals surface area (Å²) in [6, 6.07) is 9.67. The fourth-order valence-electron chi connectivity index (χ4n) is 1.97. The van der Waals surface area contributed by atoms with Crippen LogP contribution in [0.15, 0.2) is 42.5 Å². The van der Waals surface area contributed by atoms with Crippen LogP contribution in [0.5, 0.6) is 0 Å². The van der Waals surface area contributed by atoms with Gasteiger partial charge in [0.1, 0.15) is 0 Å². The van der Waals surface area contributed by atoms with E-state index in [1.807, 2.05) is 0 Å². The summed E-state index contributed by atoms with van der Waals surface area (Å²) in [5.74, 6) is -3.92. The Hall–Kier alpha value is -2.47. The molecule has 1 amide bonds. The van der Waals surface area contributed by atoms with Crippen molar-refractivity contribution >= 4 is 23.5 Å². The Bertz CT molecular complexity index is 766. The highest BCUT2D eigenvalue weighted by Gasteiger charge is 2.28. The van der Waals surface area contributed by atoms with Gasteiger partial charge in [0, 0.05) is 19.7 Å². The van der Waals surface area contributed by atoms with Crippen LogP contribution in [0.1, 0.15) is 22.0 Å². The second kappa shape index (κ2) is 7.40. The molecule has 2 rings (SSSR count). The Kier molecular flexibility index (Phi) is 5.51. The molecule has 0 aliphatic heterocycles. The van der Waals surface area contributed by atoms with E-state index in [1.165, 1.54) is 19.0 Å². The van der Waals surface area contributed by atoms with Crippen LogP contribution in [0.3, 0.4) is 0 Å². The van der Waals surface area contributed by atoms with Gasteiger partial charge >= 0.3 is 5.97 Å². The highest BCUT2D eigenvalue weighted by atomic mass is 35.5. The lowest BCUT2D eigenvalue weighted by Crippen LogP contribution is -2.31. The zero-order valence-electron chi connectivity index (χ0n) is 12.9. The third-order valence-corrected chi connectivity index (χ3v) is 3.53. The number of benzene rings is 2. The van der Waals surface area contributed by atoms with Crippen LogP contribution >= 0.6 is 11.6 Å². The summed E-state index contributed by atoms with van der Waals surface area (Å²) < 4.78 is 31.7. The minimum Gasteiger partial charge on any atom is -0.444 e. The first-order valence-electron chi connectivity index (χ1n) is 6.93. The van der Waals surface area contributed by atoms with Gasteiger partial charge in [-0.25, -0.2) is 13.6 Å². The highest BCUT2D eigenvalue weighted by Crippen LogP contribution is 2.25. The van der Waals surface area contributed by atoms with Crippen molar-refractivity contribution in [2.75, 3.05) is 14.1 Å². The quantitative estimate of drug-likeness (QED) is 0.623. The molecular formula is C17H14ClF2NO3. The average molecular weight is 354 g/mol. The number of amides is 1. The predicted octanol–water partition coefficient (Wildman–Crippen LogP) is 3.60. The van der Waals surface area contributed by atoms with Crippen molar-refractivity contribution in [2.45, 2.75) is 6.10 Å². The molecule has 1 atom stereocenters. The van der Waals surface area contributed by atoms with E-state index in [4.69, 9.17) is 16.3 Å². The normalized spacial score (nSPS) is 11.7. The van der Waals surface area contributed by atoms with E-state index >= 15 is 0 Å². The second-order valence-corrected chi connectivity index (χ2v) is 5.58. The number of ether oxygens (including phenoxy) is 1. The molecule has 7 heteroatoms.